The van der Waals surface area contributed by atoms with Crippen molar-refractivity contribution >= 4 is 29.0 Å². The van der Waals surface area contributed by atoms with E-state index in [1.807, 2.05) is 6.07 Å². The van der Waals surface area contributed by atoms with Crippen molar-refractivity contribution in [2.24, 2.45) is 0 Å². The zero-order valence-corrected chi connectivity index (χ0v) is 15.3. The Bertz CT molecular complexity index is 1060. The van der Waals surface area contributed by atoms with Crippen LogP contribution in [0.1, 0.15) is 12.5 Å². The highest BCUT2D eigenvalue weighted by atomic mass is 32.2. The third-order valence-corrected chi connectivity index (χ3v) is 4.57. The van der Waals surface area contributed by atoms with E-state index < -0.39 is 10.2 Å². The summed E-state index contributed by atoms with van der Waals surface area (Å²) in [5.74, 6) is -0.143. The molecule has 9 nitrogen and oxygen atoms in total. The summed E-state index contributed by atoms with van der Waals surface area (Å²) in [5.41, 5.74) is 1.41. The van der Waals surface area contributed by atoms with Gasteiger partial charge in [0, 0.05) is 23.4 Å². The molecule has 1 atom stereocenters. The quantitative estimate of drug-likeness (QED) is 0.380. The predicted octanol–water partition coefficient (Wildman–Crippen LogP) is 3.64. The van der Waals surface area contributed by atoms with Gasteiger partial charge in [-0.2, -0.15) is 5.26 Å². The second kappa shape index (κ2) is 8.32. The molecule has 0 aliphatic rings. The summed E-state index contributed by atoms with van der Waals surface area (Å²) in [5, 5.41) is 29.8. The van der Waals surface area contributed by atoms with E-state index in [-0.39, 0.29) is 22.7 Å². The van der Waals surface area contributed by atoms with Crippen LogP contribution in [0.3, 0.4) is 0 Å². The molecule has 10 heteroatoms. The molecular weight excluding hydrogens is 382 g/mol. The SMILES string of the molecule is C[C@H](Sc1nnc(-c2cccc([N+](=O)[O-])c2)o1)C(=O)Nc1ccc(C#N)cc1. The van der Waals surface area contributed by atoms with Gasteiger partial charge in [-0.15, -0.1) is 10.2 Å². The summed E-state index contributed by atoms with van der Waals surface area (Å²) in [6, 6.07) is 14.4. The molecule has 0 saturated heterocycles. The number of aromatic nitrogens is 2. The van der Waals surface area contributed by atoms with E-state index in [1.54, 1.807) is 37.3 Å². The highest BCUT2D eigenvalue weighted by molar-refractivity contribution is 8.00. The third kappa shape index (κ3) is 4.52. The zero-order chi connectivity index (χ0) is 20.1. The topological polar surface area (TPSA) is 135 Å². The number of benzene rings is 2. The maximum absolute atomic E-state index is 12.3. The number of nitriles is 1. The summed E-state index contributed by atoms with van der Waals surface area (Å²) >= 11 is 1.07. The van der Waals surface area contributed by atoms with E-state index in [0.717, 1.165) is 11.8 Å². The van der Waals surface area contributed by atoms with Gasteiger partial charge in [-0.25, -0.2) is 0 Å². The van der Waals surface area contributed by atoms with E-state index in [0.29, 0.717) is 16.8 Å². The van der Waals surface area contributed by atoms with Crippen molar-refractivity contribution < 1.29 is 14.1 Å². The predicted molar refractivity (Wildman–Crippen MR) is 101 cm³/mol. The van der Waals surface area contributed by atoms with E-state index in [1.165, 1.54) is 18.2 Å². The molecule has 0 unspecified atom stereocenters. The van der Waals surface area contributed by atoms with Crippen LogP contribution in [-0.2, 0) is 4.79 Å². The number of nitrogens with one attached hydrogen (secondary N) is 1. The average molecular weight is 395 g/mol. The number of nitro groups is 1. The van der Waals surface area contributed by atoms with Crippen LogP contribution in [0, 0.1) is 21.4 Å². The van der Waals surface area contributed by atoms with Crippen LogP contribution in [0.5, 0.6) is 0 Å². The lowest BCUT2D eigenvalue weighted by atomic mass is 10.2. The molecule has 0 aliphatic carbocycles. The van der Waals surface area contributed by atoms with E-state index >= 15 is 0 Å². The van der Waals surface area contributed by atoms with Crippen molar-refractivity contribution in [1.82, 2.24) is 10.2 Å². The number of amides is 1. The average Bonchev–Trinajstić information content (AvgIpc) is 3.17. The van der Waals surface area contributed by atoms with Gasteiger partial charge in [-0.1, -0.05) is 17.8 Å². The zero-order valence-electron chi connectivity index (χ0n) is 14.5. The lowest BCUT2D eigenvalue weighted by Crippen LogP contribution is -2.22. The second-order valence-corrected chi connectivity index (χ2v) is 6.91. The monoisotopic (exact) mass is 395 g/mol. The van der Waals surface area contributed by atoms with Crippen LogP contribution in [0.25, 0.3) is 11.5 Å². The number of nitrogens with zero attached hydrogens (tertiary/aromatic N) is 4. The molecule has 0 saturated carbocycles. The number of carbonyl (C=O) groups excluding carboxylic acids is 1. The molecule has 1 heterocycles. The normalized spacial score (nSPS) is 11.4. The summed E-state index contributed by atoms with van der Waals surface area (Å²) < 4.78 is 5.51. The first-order valence-corrected chi connectivity index (χ1v) is 8.90. The number of carbonyl (C=O) groups is 1. The van der Waals surface area contributed by atoms with Gasteiger partial charge in [0.2, 0.25) is 11.8 Å². The minimum absolute atomic E-state index is 0.0833. The maximum atomic E-state index is 12.3. The molecule has 0 radical (unpaired) electrons. The highest BCUT2D eigenvalue weighted by Gasteiger charge is 2.19. The molecule has 0 bridgehead atoms. The van der Waals surface area contributed by atoms with Gasteiger partial charge in [-0.3, -0.25) is 14.9 Å². The molecule has 3 rings (SSSR count). The Morgan fingerprint density at radius 3 is 2.71 bits per heavy atom. The summed E-state index contributed by atoms with van der Waals surface area (Å²) in [6.07, 6.45) is 0. The van der Waals surface area contributed by atoms with Crippen LogP contribution in [-0.4, -0.2) is 26.3 Å². The Hall–Kier alpha value is -3.71. The van der Waals surface area contributed by atoms with Crippen molar-refractivity contribution in [2.45, 2.75) is 17.4 Å². The molecule has 1 N–H and O–H groups in total. The molecule has 1 aromatic heterocycles. The fourth-order valence-corrected chi connectivity index (χ4v) is 2.89. The minimum atomic E-state index is -0.533. The van der Waals surface area contributed by atoms with Gasteiger partial charge in [0.25, 0.3) is 10.9 Å². The lowest BCUT2D eigenvalue weighted by molar-refractivity contribution is -0.384. The van der Waals surface area contributed by atoms with Crippen LogP contribution in [0.4, 0.5) is 11.4 Å². The van der Waals surface area contributed by atoms with Crippen molar-refractivity contribution in [3.05, 3.63) is 64.2 Å². The smallest absolute Gasteiger partial charge is 0.277 e. The van der Waals surface area contributed by atoms with Gasteiger partial charge in [-0.05, 0) is 37.3 Å². The lowest BCUT2D eigenvalue weighted by Gasteiger charge is -2.09. The number of thioether (sulfide) groups is 1. The number of rotatable bonds is 6. The fourth-order valence-electron chi connectivity index (χ4n) is 2.20. The van der Waals surface area contributed by atoms with Crippen LogP contribution in [0.2, 0.25) is 0 Å². The maximum Gasteiger partial charge on any atom is 0.277 e. The Morgan fingerprint density at radius 1 is 1.29 bits per heavy atom. The van der Waals surface area contributed by atoms with Crippen LogP contribution < -0.4 is 5.32 Å². The Morgan fingerprint density at radius 2 is 2.04 bits per heavy atom. The first kappa shape index (κ1) is 19.1. The number of hydrogen-bond donors (Lipinski definition) is 1. The van der Waals surface area contributed by atoms with Gasteiger partial charge in [0.1, 0.15) is 0 Å². The van der Waals surface area contributed by atoms with Crippen molar-refractivity contribution in [3.63, 3.8) is 0 Å². The Labute approximate surface area is 163 Å². The molecule has 3 aromatic rings. The highest BCUT2D eigenvalue weighted by Crippen LogP contribution is 2.28. The van der Waals surface area contributed by atoms with E-state index in [2.05, 4.69) is 15.5 Å². The van der Waals surface area contributed by atoms with Crippen molar-refractivity contribution in [1.29, 1.82) is 5.26 Å². The molecule has 0 fully saturated rings. The van der Waals surface area contributed by atoms with Crippen molar-refractivity contribution in [2.75, 3.05) is 5.32 Å². The number of hydrogen-bond acceptors (Lipinski definition) is 8. The summed E-state index contributed by atoms with van der Waals surface area (Å²) in [4.78, 5) is 22.7. The fraction of sp³-hybridized carbons (Fsp3) is 0.111. The van der Waals surface area contributed by atoms with Crippen LogP contribution in [0.15, 0.2) is 58.2 Å². The molecule has 28 heavy (non-hydrogen) atoms. The summed E-state index contributed by atoms with van der Waals surface area (Å²) in [7, 11) is 0. The number of nitro benzene ring substituents is 1. The van der Waals surface area contributed by atoms with Gasteiger partial charge in [0.05, 0.1) is 21.8 Å². The van der Waals surface area contributed by atoms with Gasteiger partial charge >= 0.3 is 0 Å². The molecule has 0 spiro atoms. The third-order valence-electron chi connectivity index (χ3n) is 3.64. The van der Waals surface area contributed by atoms with E-state index in [4.69, 9.17) is 9.68 Å². The number of non-ortho nitro benzene ring substituents is 1. The molecule has 140 valence electrons. The number of anilines is 1. The largest absolute Gasteiger partial charge is 0.411 e. The molecule has 2 aromatic carbocycles. The van der Waals surface area contributed by atoms with Crippen molar-refractivity contribution in [3.8, 4) is 17.5 Å². The van der Waals surface area contributed by atoms with Crippen LogP contribution >= 0.6 is 11.8 Å². The molecular formula is C18H13N5O4S. The van der Waals surface area contributed by atoms with E-state index in [9.17, 15) is 14.9 Å². The van der Waals surface area contributed by atoms with Gasteiger partial charge in [0.15, 0.2) is 0 Å². The van der Waals surface area contributed by atoms with Gasteiger partial charge < -0.3 is 9.73 Å². The Balaban J connectivity index is 1.65. The molecule has 0 aliphatic heterocycles. The molecule has 1 amide bonds. The summed E-state index contributed by atoms with van der Waals surface area (Å²) in [6.45, 7) is 1.68. The minimum Gasteiger partial charge on any atom is -0.411 e. The first-order chi connectivity index (χ1) is 13.5. The first-order valence-electron chi connectivity index (χ1n) is 8.02. The Kier molecular flexibility index (Phi) is 5.67. The second-order valence-electron chi connectivity index (χ2n) is 5.62. The standard InChI is InChI=1S/C18H13N5O4S/c1-11(16(24)20-14-7-5-12(10-19)6-8-14)28-18-22-21-17(27-18)13-3-2-4-15(9-13)23(25)26/h2-9,11H,1H3,(H,20,24)/t11-/m0/s1.